The topological polar surface area (TPSA) is 68.0 Å². The number of rotatable bonds is 5. The highest BCUT2D eigenvalue weighted by molar-refractivity contribution is 5.76. The summed E-state index contributed by atoms with van der Waals surface area (Å²) < 4.78 is 1.69. The summed E-state index contributed by atoms with van der Waals surface area (Å²) in [5, 5.41) is 13.9. The van der Waals surface area contributed by atoms with Gasteiger partial charge in [-0.2, -0.15) is 5.10 Å². The largest absolute Gasteiger partial charge is 0.481 e. The highest BCUT2D eigenvalue weighted by atomic mass is 16.4. The zero-order valence-electron chi connectivity index (χ0n) is 12.8. The van der Waals surface area contributed by atoms with E-state index in [1.165, 1.54) is 0 Å². The number of nitrogens with zero attached hydrogens (tertiary/aromatic N) is 3. The SMILES string of the molecule is Cc1cccc(C(Cc2ccnn2-c2ccccn2)C(=O)O)c1. The molecule has 0 saturated carbocycles. The Labute approximate surface area is 134 Å². The molecule has 5 nitrogen and oxygen atoms in total. The number of aliphatic carboxylic acids is 1. The lowest BCUT2D eigenvalue weighted by molar-refractivity contribution is -0.138. The maximum Gasteiger partial charge on any atom is 0.311 e. The average molecular weight is 307 g/mol. The van der Waals surface area contributed by atoms with Gasteiger partial charge < -0.3 is 5.11 Å². The molecule has 2 aromatic heterocycles. The maximum atomic E-state index is 11.7. The fourth-order valence-electron chi connectivity index (χ4n) is 2.61. The Morgan fingerprint density at radius 3 is 2.74 bits per heavy atom. The average Bonchev–Trinajstić information content (AvgIpc) is 3.01. The Hall–Kier alpha value is -2.95. The van der Waals surface area contributed by atoms with Crippen LogP contribution >= 0.6 is 0 Å². The van der Waals surface area contributed by atoms with Crippen LogP contribution in [0, 0.1) is 6.92 Å². The smallest absolute Gasteiger partial charge is 0.311 e. The summed E-state index contributed by atoms with van der Waals surface area (Å²) in [7, 11) is 0. The number of aryl methyl sites for hydroxylation is 1. The first kappa shape index (κ1) is 15.0. The summed E-state index contributed by atoms with van der Waals surface area (Å²) in [5.41, 5.74) is 2.66. The van der Waals surface area contributed by atoms with E-state index in [1.54, 1.807) is 17.1 Å². The van der Waals surface area contributed by atoms with Crippen LogP contribution in [0.1, 0.15) is 22.7 Å². The van der Waals surface area contributed by atoms with Gasteiger partial charge in [0.2, 0.25) is 0 Å². The van der Waals surface area contributed by atoms with E-state index in [4.69, 9.17) is 0 Å². The van der Waals surface area contributed by atoms with Crippen LogP contribution in [0.25, 0.3) is 5.82 Å². The molecule has 0 fully saturated rings. The second-order valence-electron chi connectivity index (χ2n) is 5.43. The first-order valence-corrected chi connectivity index (χ1v) is 7.39. The van der Waals surface area contributed by atoms with E-state index in [9.17, 15) is 9.90 Å². The van der Waals surface area contributed by atoms with Gasteiger partial charge >= 0.3 is 5.97 Å². The summed E-state index contributed by atoms with van der Waals surface area (Å²) in [6, 6.07) is 15.0. The first-order chi connectivity index (χ1) is 11.1. The summed E-state index contributed by atoms with van der Waals surface area (Å²) in [5.74, 6) is -0.778. The molecule has 1 atom stereocenters. The molecule has 1 N–H and O–H groups in total. The van der Waals surface area contributed by atoms with E-state index in [2.05, 4.69) is 10.1 Å². The molecule has 3 aromatic rings. The van der Waals surface area contributed by atoms with E-state index in [-0.39, 0.29) is 0 Å². The quantitative estimate of drug-likeness (QED) is 0.787. The number of carboxylic acids is 1. The van der Waals surface area contributed by atoms with Gasteiger partial charge in [-0.05, 0) is 30.7 Å². The van der Waals surface area contributed by atoms with Crippen molar-refractivity contribution >= 4 is 5.97 Å². The molecule has 0 aliphatic carbocycles. The number of carboxylic acid groups (broad SMARTS) is 1. The van der Waals surface area contributed by atoms with Crippen LogP contribution in [0.15, 0.2) is 60.9 Å². The molecule has 116 valence electrons. The predicted molar refractivity (Wildman–Crippen MR) is 86.6 cm³/mol. The molecule has 1 unspecified atom stereocenters. The van der Waals surface area contributed by atoms with Crippen molar-refractivity contribution in [2.24, 2.45) is 0 Å². The van der Waals surface area contributed by atoms with Gasteiger partial charge in [0.25, 0.3) is 0 Å². The highest BCUT2D eigenvalue weighted by Gasteiger charge is 2.22. The van der Waals surface area contributed by atoms with Crippen LogP contribution in [0.3, 0.4) is 0 Å². The molecular weight excluding hydrogens is 290 g/mol. The van der Waals surface area contributed by atoms with Gasteiger partial charge in [-0.1, -0.05) is 35.9 Å². The molecule has 2 heterocycles. The molecule has 5 heteroatoms. The van der Waals surface area contributed by atoms with Gasteiger partial charge in [-0.3, -0.25) is 4.79 Å². The molecule has 0 spiro atoms. The van der Waals surface area contributed by atoms with Crippen molar-refractivity contribution in [3.05, 3.63) is 77.7 Å². The molecule has 23 heavy (non-hydrogen) atoms. The lowest BCUT2D eigenvalue weighted by Crippen LogP contribution is -2.17. The van der Waals surface area contributed by atoms with Crippen molar-refractivity contribution in [3.63, 3.8) is 0 Å². The number of pyridine rings is 1. The Balaban J connectivity index is 1.94. The standard InChI is InChI=1S/C18H17N3O2/c1-13-5-4-6-14(11-13)16(18(22)23)12-15-8-10-20-21(15)17-7-2-3-9-19-17/h2-11,16H,12H2,1H3,(H,22,23). The molecule has 0 aliphatic heterocycles. The monoisotopic (exact) mass is 307 g/mol. The van der Waals surface area contributed by atoms with Crippen molar-refractivity contribution in [2.45, 2.75) is 19.3 Å². The van der Waals surface area contributed by atoms with E-state index in [1.807, 2.05) is 55.5 Å². The third kappa shape index (κ3) is 3.29. The normalized spacial score (nSPS) is 12.0. The number of aromatic nitrogens is 3. The van der Waals surface area contributed by atoms with Crippen LogP contribution in [0.2, 0.25) is 0 Å². The zero-order chi connectivity index (χ0) is 16.2. The second-order valence-corrected chi connectivity index (χ2v) is 5.43. The van der Waals surface area contributed by atoms with Crippen LogP contribution in [0.5, 0.6) is 0 Å². The van der Waals surface area contributed by atoms with Gasteiger partial charge in [0.1, 0.15) is 0 Å². The maximum absolute atomic E-state index is 11.7. The van der Waals surface area contributed by atoms with Crippen LogP contribution in [0.4, 0.5) is 0 Å². The molecule has 1 aromatic carbocycles. The van der Waals surface area contributed by atoms with Gasteiger partial charge in [0.15, 0.2) is 5.82 Å². The van der Waals surface area contributed by atoms with E-state index >= 15 is 0 Å². The Kier molecular flexibility index (Phi) is 4.19. The molecule has 0 amide bonds. The molecule has 0 aliphatic rings. The fraction of sp³-hybridized carbons (Fsp3) is 0.167. The van der Waals surface area contributed by atoms with Gasteiger partial charge in [0.05, 0.1) is 5.92 Å². The molecule has 0 radical (unpaired) electrons. The lowest BCUT2D eigenvalue weighted by atomic mass is 9.93. The molecule has 0 bridgehead atoms. The third-order valence-corrected chi connectivity index (χ3v) is 3.74. The zero-order valence-corrected chi connectivity index (χ0v) is 12.8. The third-order valence-electron chi connectivity index (χ3n) is 3.74. The predicted octanol–water partition coefficient (Wildman–Crippen LogP) is 2.99. The van der Waals surface area contributed by atoms with Crippen LogP contribution in [-0.2, 0) is 11.2 Å². The number of hydrogen-bond donors (Lipinski definition) is 1. The minimum Gasteiger partial charge on any atom is -0.481 e. The van der Waals surface area contributed by atoms with Crippen molar-refractivity contribution in [2.75, 3.05) is 0 Å². The molecular formula is C18H17N3O2. The molecule has 3 rings (SSSR count). The van der Waals surface area contributed by atoms with E-state index in [0.29, 0.717) is 12.2 Å². The number of hydrogen-bond acceptors (Lipinski definition) is 3. The van der Waals surface area contributed by atoms with Gasteiger partial charge in [-0.25, -0.2) is 9.67 Å². The summed E-state index contributed by atoms with van der Waals surface area (Å²) in [6.07, 6.45) is 3.71. The van der Waals surface area contributed by atoms with Crippen LogP contribution in [-0.4, -0.2) is 25.8 Å². The number of benzene rings is 1. The highest BCUT2D eigenvalue weighted by Crippen LogP contribution is 2.23. The Bertz CT molecular complexity index is 812. The first-order valence-electron chi connectivity index (χ1n) is 7.39. The van der Waals surface area contributed by atoms with Crippen molar-refractivity contribution in [1.82, 2.24) is 14.8 Å². The van der Waals surface area contributed by atoms with Crippen molar-refractivity contribution < 1.29 is 9.90 Å². The van der Waals surface area contributed by atoms with Crippen molar-refractivity contribution in [3.8, 4) is 5.82 Å². The second kappa shape index (κ2) is 6.44. The minimum absolute atomic E-state index is 0.357. The van der Waals surface area contributed by atoms with Gasteiger partial charge in [0, 0.05) is 24.5 Å². The van der Waals surface area contributed by atoms with Crippen LogP contribution < -0.4 is 0 Å². The fourth-order valence-corrected chi connectivity index (χ4v) is 2.61. The number of carbonyl (C=O) groups is 1. The van der Waals surface area contributed by atoms with E-state index in [0.717, 1.165) is 16.8 Å². The molecule has 0 saturated heterocycles. The minimum atomic E-state index is -0.843. The van der Waals surface area contributed by atoms with Crippen molar-refractivity contribution in [1.29, 1.82) is 0 Å². The van der Waals surface area contributed by atoms with E-state index < -0.39 is 11.9 Å². The lowest BCUT2D eigenvalue weighted by Gasteiger charge is -2.14. The Morgan fingerprint density at radius 2 is 2.04 bits per heavy atom. The summed E-state index contributed by atoms with van der Waals surface area (Å²) in [4.78, 5) is 16.0. The Morgan fingerprint density at radius 1 is 1.17 bits per heavy atom. The summed E-state index contributed by atoms with van der Waals surface area (Å²) >= 11 is 0. The summed E-state index contributed by atoms with van der Waals surface area (Å²) in [6.45, 7) is 1.96. The van der Waals surface area contributed by atoms with Gasteiger partial charge in [-0.15, -0.1) is 0 Å².